The van der Waals surface area contributed by atoms with Gasteiger partial charge in [0.15, 0.2) is 0 Å². The maximum absolute atomic E-state index is 5.94. The first-order valence-corrected chi connectivity index (χ1v) is 7.33. The van der Waals surface area contributed by atoms with Gasteiger partial charge >= 0.3 is 0 Å². The number of hydrogen-bond acceptors (Lipinski definition) is 1. The van der Waals surface area contributed by atoms with Crippen LogP contribution in [0.4, 0.5) is 5.69 Å². The molecule has 0 atom stereocenters. The lowest BCUT2D eigenvalue weighted by molar-refractivity contribution is 1.14. The zero-order valence-corrected chi connectivity index (χ0v) is 13.4. The van der Waals surface area contributed by atoms with Crippen molar-refractivity contribution in [2.24, 2.45) is 0 Å². The average Bonchev–Trinajstić information content (AvgIpc) is 2.31. The molecule has 2 aromatic carbocycles. The van der Waals surface area contributed by atoms with Gasteiger partial charge in [-0.25, -0.2) is 0 Å². The van der Waals surface area contributed by atoms with Crippen LogP contribution in [0.25, 0.3) is 0 Å². The number of hydrogen-bond donors (Lipinski definition) is 1. The number of anilines is 1. The van der Waals surface area contributed by atoms with E-state index in [-0.39, 0.29) is 0 Å². The summed E-state index contributed by atoms with van der Waals surface area (Å²) >= 11 is 11.7. The topological polar surface area (TPSA) is 12.0 Å². The third-order valence-electron chi connectivity index (χ3n) is 2.31. The van der Waals surface area contributed by atoms with Crippen molar-refractivity contribution in [3.8, 4) is 0 Å². The van der Waals surface area contributed by atoms with Crippen molar-refractivity contribution in [2.75, 3.05) is 5.32 Å². The molecule has 0 amide bonds. The molecule has 2 aromatic rings. The molecule has 0 fully saturated rings. The fourth-order valence-corrected chi connectivity index (χ4v) is 2.56. The van der Waals surface area contributed by atoms with Crippen molar-refractivity contribution in [3.63, 3.8) is 0 Å². The molecule has 4 heteroatoms. The van der Waals surface area contributed by atoms with Crippen LogP contribution < -0.4 is 5.32 Å². The summed E-state index contributed by atoms with van der Waals surface area (Å²) in [6, 6.07) is 14.3. The maximum atomic E-state index is 5.94. The van der Waals surface area contributed by atoms with Gasteiger partial charge in [-0.3, -0.25) is 0 Å². The van der Waals surface area contributed by atoms with Gasteiger partial charge in [-0.05, 0) is 74.4 Å². The quantitative estimate of drug-likeness (QED) is 0.661. The Bertz CT molecular complexity index is 531. The second-order valence-corrected chi connectivity index (χ2v) is 6.12. The standard InChI is InChI=1S/C13H10BrClIN/c14-12-7-11(4-5-13(12)15)17-8-9-2-1-3-10(16)6-9/h1-7,17H,8H2. The Balaban J connectivity index is 2.05. The van der Waals surface area contributed by atoms with E-state index in [9.17, 15) is 0 Å². The van der Waals surface area contributed by atoms with Crippen LogP contribution in [0.5, 0.6) is 0 Å². The van der Waals surface area contributed by atoms with Gasteiger partial charge in [-0.2, -0.15) is 0 Å². The molecule has 2 rings (SSSR count). The van der Waals surface area contributed by atoms with E-state index >= 15 is 0 Å². The minimum Gasteiger partial charge on any atom is -0.381 e. The predicted octanol–water partition coefficient (Wildman–Crippen LogP) is 5.32. The summed E-state index contributed by atoms with van der Waals surface area (Å²) in [5.41, 5.74) is 2.32. The van der Waals surface area contributed by atoms with Crippen LogP contribution >= 0.6 is 50.1 Å². The lowest BCUT2D eigenvalue weighted by atomic mass is 10.2. The van der Waals surface area contributed by atoms with Gasteiger partial charge in [0.25, 0.3) is 0 Å². The molecule has 1 nitrogen and oxygen atoms in total. The molecule has 0 saturated carbocycles. The van der Waals surface area contributed by atoms with Crippen LogP contribution in [0.2, 0.25) is 5.02 Å². The van der Waals surface area contributed by atoms with E-state index in [0.717, 1.165) is 21.7 Å². The van der Waals surface area contributed by atoms with Crippen LogP contribution in [-0.4, -0.2) is 0 Å². The first kappa shape index (κ1) is 13.2. The van der Waals surface area contributed by atoms with E-state index in [1.807, 2.05) is 18.2 Å². The first-order valence-electron chi connectivity index (χ1n) is 5.08. The predicted molar refractivity (Wildman–Crippen MR) is 85.6 cm³/mol. The van der Waals surface area contributed by atoms with Gasteiger partial charge < -0.3 is 5.32 Å². The summed E-state index contributed by atoms with van der Waals surface area (Å²) in [4.78, 5) is 0. The molecule has 1 N–H and O–H groups in total. The van der Waals surface area contributed by atoms with Crippen molar-refractivity contribution in [3.05, 3.63) is 61.1 Å². The summed E-state index contributed by atoms with van der Waals surface area (Å²) in [6.07, 6.45) is 0. The van der Waals surface area contributed by atoms with Crippen LogP contribution in [0.15, 0.2) is 46.9 Å². The number of halogens is 3. The number of rotatable bonds is 3. The van der Waals surface area contributed by atoms with Gasteiger partial charge in [0, 0.05) is 20.3 Å². The van der Waals surface area contributed by atoms with E-state index in [0.29, 0.717) is 0 Å². The van der Waals surface area contributed by atoms with Crippen molar-refractivity contribution in [1.29, 1.82) is 0 Å². The third-order valence-corrected chi connectivity index (χ3v) is 4.19. The fraction of sp³-hybridized carbons (Fsp3) is 0.0769. The minimum absolute atomic E-state index is 0.727. The average molecular weight is 422 g/mol. The normalized spacial score (nSPS) is 10.3. The molecule has 88 valence electrons. The summed E-state index contributed by atoms with van der Waals surface area (Å²) in [6.45, 7) is 0.810. The molecule has 17 heavy (non-hydrogen) atoms. The zero-order valence-electron chi connectivity index (χ0n) is 8.88. The van der Waals surface area contributed by atoms with E-state index in [2.05, 4.69) is 68.1 Å². The second-order valence-electron chi connectivity index (χ2n) is 3.61. The molecular formula is C13H10BrClIN. The Morgan fingerprint density at radius 3 is 2.71 bits per heavy atom. The SMILES string of the molecule is Clc1ccc(NCc2cccc(I)c2)cc1Br. The fourth-order valence-electron chi connectivity index (χ4n) is 1.46. The van der Waals surface area contributed by atoms with Gasteiger partial charge in [-0.15, -0.1) is 0 Å². The molecule has 0 bridgehead atoms. The zero-order chi connectivity index (χ0) is 12.3. The molecule has 0 unspecified atom stereocenters. The van der Waals surface area contributed by atoms with E-state index < -0.39 is 0 Å². The summed E-state index contributed by atoms with van der Waals surface area (Å²) < 4.78 is 2.16. The molecule has 0 saturated heterocycles. The first-order chi connectivity index (χ1) is 8.15. The lowest BCUT2D eigenvalue weighted by Gasteiger charge is -2.08. The number of nitrogens with one attached hydrogen (secondary N) is 1. The molecule has 0 radical (unpaired) electrons. The van der Waals surface area contributed by atoms with Crippen molar-refractivity contribution < 1.29 is 0 Å². The molecule has 0 aromatic heterocycles. The monoisotopic (exact) mass is 421 g/mol. The van der Waals surface area contributed by atoms with Gasteiger partial charge in [0.1, 0.15) is 0 Å². The maximum Gasteiger partial charge on any atom is 0.0549 e. The second kappa shape index (κ2) is 6.07. The van der Waals surface area contributed by atoms with Crippen LogP contribution in [0.3, 0.4) is 0 Å². The van der Waals surface area contributed by atoms with Crippen LogP contribution in [0.1, 0.15) is 5.56 Å². The van der Waals surface area contributed by atoms with Gasteiger partial charge in [0.05, 0.1) is 5.02 Å². The van der Waals surface area contributed by atoms with Crippen LogP contribution in [0, 0.1) is 3.57 Å². The molecule has 0 aliphatic heterocycles. The Kier molecular flexibility index (Phi) is 4.70. The van der Waals surface area contributed by atoms with Crippen molar-refractivity contribution in [1.82, 2.24) is 0 Å². The molecule has 0 heterocycles. The van der Waals surface area contributed by atoms with E-state index in [1.54, 1.807) is 0 Å². The molecular weight excluding hydrogens is 412 g/mol. The summed E-state index contributed by atoms with van der Waals surface area (Å²) in [7, 11) is 0. The summed E-state index contributed by atoms with van der Waals surface area (Å²) in [5, 5.41) is 4.09. The van der Waals surface area contributed by atoms with E-state index in [1.165, 1.54) is 9.13 Å². The number of benzene rings is 2. The highest BCUT2D eigenvalue weighted by atomic mass is 127. The summed E-state index contributed by atoms with van der Waals surface area (Å²) in [5.74, 6) is 0. The Labute approximate surface area is 128 Å². The highest BCUT2D eigenvalue weighted by Crippen LogP contribution is 2.25. The highest BCUT2D eigenvalue weighted by molar-refractivity contribution is 14.1. The Hall–Kier alpha value is -0.260. The smallest absolute Gasteiger partial charge is 0.0549 e. The van der Waals surface area contributed by atoms with Gasteiger partial charge in [-0.1, -0.05) is 23.7 Å². The largest absolute Gasteiger partial charge is 0.381 e. The van der Waals surface area contributed by atoms with E-state index in [4.69, 9.17) is 11.6 Å². The highest BCUT2D eigenvalue weighted by Gasteiger charge is 1.99. The molecule has 0 aliphatic rings. The third kappa shape index (κ3) is 3.86. The molecule has 0 aliphatic carbocycles. The minimum atomic E-state index is 0.727. The van der Waals surface area contributed by atoms with Crippen LogP contribution in [-0.2, 0) is 6.54 Å². The van der Waals surface area contributed by atoms with Crippen molar-refractivity contribution >= 4 is 55.8 Å². The Morgan fingerprint density at radius 2 is 2.00 bits per heavy atom. The van der Waals surface area contributed by atoms with Crippen molar-refractivity contribution in [2.45, 2.75) is 6.54 Å². The van der Waals surface area contributed by atoms with Gasteiger partial charge in [0.2, 0.25) is 0 Å². The molecule has 0 spiro atoms. The Morgan fingerprint density at radius 1 is 1.18 bits per heavy atom. The lowest BCUT2D eigenvalue weighted by Crippen LogP contribution is -1.99.